The Morgan fingerprint density at radius 3 is 1.34 bits per heavy atom. The third-order valence-corrected chi connectivity index (χ3v) is 11.6. The molecule has 0 unspecified atom stereocenters. The maximum absolute atomic E-state index is 14.3. The number of carboxylic acids is 2. The van der Waals surface area contributed by atoms with Gasteiger partial charge in [-0.15, -0.1) is 0 Å². The molecule has 0 spiro atoms. The number of hydrogen-bond donors (Lipinski definition) is 17. The molecule has 0 bridgehead atoms. The minimum absolute atomic E-state index is 0.0239. The zero-order valence-electron chi connectivity index (χ0n) is 43.1. The molecular formula is C49H76N12O15. The molecule has 0 aliphatic heterocycles. The van der Waals surface area contributed by atoms with Crippen molar-refractivity contribution in [1.29, 1.82) is 0 Å². The topological polar surface area (TPSA) is 476 Å². The van der Waals surface area contributed by atoms with Crippen LogP contribution in [0.15, 0.2) is 53.5 Å². The number of aliphatic hydroxyl groups excluding tert-OH is 2. The summed E-state index contributed by atoms with van der Waals surface area (Å²) in [7, 11) is 0. The zero-order chi connectivity index (χ0) is 57.2. The number of aliphatic imine (C=N–C) groups is 1. The van der Waals surface area contributed by atoms with Gasteiger partial charge in [0, 0.05) is 25.8 Å². The number of nitrogens with zero attached hydrogens (tertiary/aromatic N) is 1. The second kappa shape index (κ2) is 32.6. The van der Waals surface area contributed by atoms with Crippen molar-refractivity contribution in [2.45, 2.75) is 152 Å². The standard InChI is InChI=1S/C49H76N12O15/c1-25(2)22-37(48(75)76)59-42(69)33(9-5-6-20-50)55-43(70)34(18-19-38(66)67)56-44(71)35(23-28-10-14-30(64)15-11-28)57-47(74)40(27(4)63)61-45(72)36(24-29-12-16-31(65)17-13-29)58-46(73)39(26(3)62)60-41(68)32(51)8-7-21-54-49(52)53/h10-17,25-27,32-37,39-40,62-65H,5-9,18-24,50-51H2,1-4H3,(H,55,70)(H,56,71)(H,57,74)(H,58,73)(H,59,69)(H,60,68)(H,61,72)(H,66,67)(H,75,76)(H4,52,53,54)/t26-,27-,32+,33+,34+,35+,36+,37+,39+,40+/m1/s1. The number of carbonyl (C=O) groups excluding carboxylic acids is 7. The first-order valence-corrected chi connectivity index (χ1v) is 24.7. The van der Waals surface area contributed by atoms with E-state index in [-0.39, 0.29) is 75.0 Å². The van der Waals surface area contributed by atoms with E-state index in [4.69, 9.17) is 22.9 Å². The molecule has 422 valence electrons. The van der Waals surface area contributed by atoms with E-state index < -0.39 is 127 Å². The van der Waals surface area contributed by atoms with Gasteiger partial charge in [-0.05, 0) is 107 Å². The highest BCUT2D eigenvalue weighted by Gasteiger charge is 2.37. The molecule has 0 aromatic heterocycles. The first kappa shape index (κ1) is 64.5. The molecule has 27 nitrogen and oxygen atoms in total. The molecule has 0 saturated carbocycles. The average Bonchev–Trinajstić information content (AvgIpc) is 3.34. The second-order valence-electron chi connectivity index (χ2n) is 18.7. The lowest BCUT2D eigenvalue weighted by molar-refractivity contribution is -0.143. The number of nitrogens with one attached hydrogen (secondary N) is 7. The van der Waals surface area contributed by atoms with Crippen LogP contribution in [-0.2, 0) is 56.0 Å². The number of carboxylic acid groups (broad SMARTS) is 2. The summed E-state index contributed by atoms with van der Waals surface area (Å²) in [5.41, 5.74) is 23.0. The minimum Gasteiger partial charge on any atom is -0.508 e. The van der Waals surface area contributed by atoms with Crippen molar-refractivity contribution in [3.63, 3.8) is 0 Å². The highest BCUT2D eigenvalue weighted by Crippen LogP contribution is 2.15. The number of phenolic OH excluding ortho intramolecular Hbond substituents is 2. The van der Waals surface area contributed by atoms with Crippen molar-refractivity contribution < 1.29 is 73.8 Å². The van der Waals surface area contributed by atoms with Gasteiger partial charge in [0.05, 0.1) is 18.2 Å². The van der Waals surface area contributed by atoms with Crippen LogP contribution in [0.3, 0.4) is 0 Å². The first-order valence-electron chi connectivity index (χ1n) is 24.7. The number of hydrogen-bond acceptors (Lipinski definition) is 16. The van der Waals surface area contributed by atoms with Crippen LogP contribution in [0, 0.1) is 5.92 Å². The molecule has 2 aromatic rings. The van der Waals surface area contributed by atoms with E-state index in [0.717, 1.165) is 6.92 Å². The number of aromatic hydroxyl groups is 2. The summed E-state index contributed by atoms with van der Waals surface area (Å²) in [5.74, 6) is -10.5. The SMILES string of the molecule is CC(C)C[C@H](NC(=O)[C@H](CCCCN)NC(=O)[C@H](CCC(=O)O)NC(=O)[C@H](Cc1ccc(O)cc1)NC(=O)[C@@H](NC(=O)[C@H](Cc1ccc(O)cc1)NC(=O)[C@@H](NC(=O)[C@@H](N)CCCN=C(N)N)[C@@H](C)O)[C@@H](C)O)C(=O)O. The summed E-state index contributed by atoms with van der Waals surface area (Å²) < 4.78 is 0. The molecular weight excluding hydrogens is 997 g/mol. The van der Waals surface area contributed by atoms with Crippen molar-refractivity contribution in [3.05, 3.63) is 59.7 Å². The van der Waals surface area contributed by atoms with E-state index >= 15 is 0 Å². The predicted molar refractivity (Wildman–Crippen MR) is 275 cm³/mol. The van der Waals surface area contributed by atoms with Gasteiger partial charge < -0.3 is 90.8 Å². The number of rotatable bonds is 34. The van der Waals surface area contributed by atoms with Crippen LogP contribution >= 0.6 is 0 Å². The zero-order valence-corrected chi connectivity index (χ0v) is 43.1. The number of benzene rings is 2. The summed E-state index contributed by atoms with van der Waals surface area (Å²) in [6.07, 6.45) is -4.07. The van der Waals surface area contributed by atoms with Crippen molar-refractivity contribution in [2.24, 2.45) is 33.8 Å². The van der Waals surface area contributed by atoms with E-state index in [0.29, 0.717) is 24.0 Å². The van der Waals surface area contributed by atoms with Crippen molar-refractivity contribution >= 4 is 59.2 Å². The van der Waals surface area contributed by atoms with Crippen LogP contribution in [0.1, 0.15) is 90.2 Å². The fraction of sp³-hybridized carbons (Fsp3) is 0.551. The van der Waals surface area contributed by atoms with Crippen LogP contribution in [0.4, 0.5) is 0 Å². The number of nitrogens with two attached hydrogens (primary N) is 4. The van der Waals surface area contributed by atoms with Gasteiger partial charge in [0.15, 0.2) is 5.96 Å². The maximum atomic E-state index is 14.3. The van der Waals surface area contributed by atoms with E-state index in [1.165, 1.54) is 55.5 Å². The predicted octanol–water partition coefficient (Wildman–Crippen LogP) is -3.46. The molecule has 10 atom stereocenters. The van der Waals surface area contributed by atoms with Gasteiger partial charge in [0.2, 0.25) is 41.4 Å². The van der Waals surface area contributed by atoms with Gasteiger partial charge in [0.25, 0.3) is 0 Å². The lowest BCUT2D eigenvalue weighted by Gasteiger charge is -2.29. The highest BCUT2D eigenvalue weighted by molar-refractivity contribution is 5.98. The molecule has 7 amide bonds. The molecule has 0 fully saturated rings. The molecule has 0 radical (unpaired) electrons. The fourth-order valence-corrected chi connectivity index (χ4v) is 7.46. The Labute approximate surface area is 439 Å². The Morgan fingerprint density at radius 1 is 0.526 bits per heavy atom. The number of phenols is 2. The van der Waals surface area contributed by atoms with Crippen molar-refractivity contribution in [1.82, 2.24) is 37.2 Å². The summed E-state index contributed by atoms with van der Waals surface area (Å²) in [5, 5.41) is 77.8. The number of unbranched alkanes of at least 4 members (excludes halogenated alkanes) is 1. The Hall–Kier alpha value is -7.62. The number of guanidine groups is 1. The Bertz CT molecular complexity index is 2280. The first-order chi connectivity index (χ1) is 35.7. The lowest BCUT2D eigenvalue weighted by Crippen LogP contribution is -2.63. The Kier molecular flexibility index (Phi) is 27.7. The van der Waals surface area contributed by atoms with Crippen LogP contribution < -0.4 is 60.2 Å². The summed E-state index contributed by atoms with van der Waals surface area (Å²) >= 11 is 0. The van der Waals surface area contributed by atoms with Gasteiger partial charge >= 0.3 is 11.9 Å². The van der Waals surface area contributed by atoms with Crippen LogP contribution in [-0.4, -0.2) is 164 Å². The molecule has 27 heteroatoms. The minimum atomic E-state index is -1.89. The van der Waals surface area contributed by atoms with Gasteiger partial charge in [-0.3, -0.25) is 43.3 Å². The fourth-order valence-electron chi connectivity index (χ4n) is 7.46. The molecule has 0 saturated heterocycles. The van der Waals surface area contributed by atoms with E-state index in [2.05, 4.69) is 42.2 Å². The van der Waals surface area contributed by atoms with E-state index in [1.807, 2.05) is 0 Å². The average molecular weight is 1070 g/mol. The van der Waals surface area contributed by atoms with E-state index in [9.17, 15) is 73.8 Å². The van der Waals surface area contributed by atoms with Gasteiger partial charge in [-0.1, -0.05) is 38.1 Å². The van der Waals surface area contributed by atoms with Gasteiger partial charge in [-0.2, -0.15) is 0 Å². The Balaban J connectivity index is 2.52. The van der Waals surface area contributed by atoms with Crippen molar-refractivity contribution in [2.75, 3.05) is 13.1 Å². The molecule has 2 rings (SSSR count). The molecule has 76 heavy (non-hydrogen) atoms. The summed E-state index contributed by atoms with van der Waals surface area (Å²) in [6.45, 7) is 6.19. The molecule has 0 aliphatic carbocycles. The third-order valence-electron chi connectivity index (χ3n) is 11.6. The Morgan fingerprint density at radius 2 is 0.934 bits per heavy atom. The smallest absolute Gasteiger partial charge is 0.326 e. The molecule has 2 aromatic carbocycles. The summed E-state index contributed by atoms with van der Waals surface area (Å²) in [4.78, 5) is 125. The van der Waals surface area contributed by atoms with Crippen molar-refractivity contribution in [3.8, 4) is 11.5 Å². The van der Waals surface area contributed by atoms with Gasteiger partial charge in [0.1, 0.15) is 53.8 Å². The highest BCUT2D eigenvalue weighted by atomic mass is 16.4. The van der Waals surface area contributed by atoms with Crippen LogP contribution in [0.25, 0.3) is 0 Å². The molecule has 0 heterocycles. The number of amides is 7. The largest absolute Gasteiger partial charge is 0.508 e. The summed E-state index contributed by atoms with van der Waals surface area (Å²) in [6, 6.07) is -1.60. The molecule has 0 aliphatic rings. The lowest BCUT2D eigenvalue weighted by atomic mass is 10.0. The number of aliphatic hydroxyl groups is 2. The van der Waals surface area contributed by atoms with Crippen LogP contribution in [0.5, 0.6) is 11.5 Å². The quantitative estimate of drug-likeness (QED) is 0.0184. The molecule has 21 N–H and O–H groups in total. The van der Waals surface area contributed by atoms with Crippen LogP contribution in [0.2, 0.25) is 0 Å². The number of aliphatic carboxylic acids is 2. The van der Waals surface area contributed by atoms with E-state index in [1.54, 1.807) is 13.8 Å². The third kappa shape index (κ3) is 23.7. The normalized spacial score (nSPS) is 15.1. The maximum Gasteiger partial charge on any atom is 0.326 e. The number of carbonyl (C=O) groups is 9. The monoisotopic (exact) mass is 1070 g/mol. The van der Waals surface area contributed by atoms with Gasteiger partial charge in [-0.25, -0.2) is 4.79 Å². The second-order valence-corrected chi connectivity index (χ2v) is 18.7.